The van der Waals surface area contributed by atoms with Gasteiger partial charge in [0.2, 0.25) is 15.9 Å². The summed E-state index contributed by atoms with van der Waals surface area (Å²) in [6.07, 6.45) is 2.65. The highest BCUT2D eigenvalue weighted by molar-refractivity contribution is 7.92. The van der Waals surface area contributed by atoms with Gasteiger partial charge in [-0.2, -0.15) is 0 Å². The molecule has 1 amide bonds. The highest BCUT2D eigenvalue weighted by atomic mass is 32.2. The first-order valence-electron chi connectivity index (χ1n) is 9.85. The summed E-state index contributed by atoms with van der Waals surface area (Å²) in [7, 11) is -3.42. The molecule has 0 atom stereocenters. The van der Waals surface area contributed by atoms with Gasteiger partial charge >= 0.3 is 0 Å². The Morgan fingerprint density at radius 3 is 2.45 bits per heavy atom. The molecule has 0 fully saturated rings. The number of rotatable bonds is 12. The number of benzene rings is 2. The first-order valence-corrected chi connectivity index (χ1v) is 11.7. The minimum Gasteiger partial charge on any atom is -0.375 e. The molecule has 2 rings (SSSR count). The van der Waals surface area contributed by atoms with Gasteiger partial charge in [-0.15, -0.1) is 0 Å². The van der Waals surface area contributed by atoms with Crippen LogP contribution in [0.15, 0.2) is 54.6 Å². The second kappa shape index (κ2) is 11.6. The zero-order chi connectivity index (χ0) is 21.1. The summed E-state index contributed by atoms with van der Waals surface area (Å²) in [5, 5.41) is 2.81. The van der Waals surface area contributed by atoms with Crippen LogP contribution in [0.5, 0.6) is 0 Å². The number of carbonyl (C=O) groups excluding carboxylic acids is 1. The van der Waals surface area contributed by atoms with Gasteiger partial charge in [0.15, 0.2) is 0 Å². The summed E-state index contributed by atoms with van der Waals surface area (Å²) in [4.78, 5) is 12.0. The number of nitrogens with one attached hydrogen (secondary N) is 1. The van der Waals surface area contributed by atoms with Crippen LogP contribution >= 0.6 is 0 Å². The summed E-state index contributed by atoms with van der Waals surface area (Å²) in [5.74, 6) is -0.106. The Morgan fingerprint density at radius 2 is 1.76 bits per heavy atom. The fourth-order valence-electron chi connectivity index (χ4n) is 3.02. The Balaban J connectivity index is 1.74. The Bertz CT molecular complexity index is 869. The molecule has 0 aliphatic heterocycles. The lowest BCUT2D eigenvalue weighted by atomic mass is 10.1. The number of hydrogen-bond acceptors (Lipinski definition) is 4. The standard InChI is InChI=1S/C22H30N2O4S/c1-3-20-12-7-8-13-21(20)24(29(2,26)27)16-9-14-22(25)23-15-17-28-18-19-10-5-4-6-11-19/h4-8,10-13H,3,9,14-18H2,1-2H3,(H,23,25). The van der Waals surface area contributed by atoms with E-state index in [1.165, 1.54) is 10.6 Å². The fraction of sp³-hybridized carbons (Fsp3) is 0.409. The molecule has 2 aromatic carbocycles. The van der Waals surface area contributed by atoms with Crippen LogP contribution in [0, 0.1) is 0 Å². The van der Waals surface area contributed by atoms with E-state index in [4.69, 9.17) is 4.74 Å². The van der Waals surface area contributed by atoms with Crippen LogP contribution < -0.4 is 9.62 Å². The molecule has 6 nitrogen and oxygen atoms in total. The number of para-hydroxylation sites is 1. The summed E-state index contributed by atoms with van der Waals surface area (Å²) in [5.41, 5.74) is 2.75. The molecular weight excluding hydrogens is 388 g/mol. The van der Waals surface area contributed by atoms with Gasteiger partial charge in [-0.1, -0.05) is 55.5 Å². The van der Waals surface area contributed by atoms with Crippen LogP contribution in [0.1, 0.15) is 30.9 Å². The minimum absolute atomic E-state index is 0.106. The maximum Gasteiger partial charge on any atom is 0.232 e. The quantitative estimate of drug-likeness (QED) is 0.538. The zero-order valence-corrected chi connectivity index (χ0v) is 18.0. The maximum atomic E-state index is 12.2. The van der Waals surface area contributed by atoms with Gasteiger partial charge in [0.25, 0.3) is 0 Å². The van der Waals surface area contributed by atoms with Crippen molar-refractivity contribution in [1.29, 1.82) is 0 Å². The van der Waals surface area contributed by atoms with Gasteiger partial charge in [0.05, 0.1) is 25.2 Å². The fourth-order valence-corrected chi connectivity index (χ4v) is 4.01. The first kappa shape index (κ1) is 22.9. The first-order chi connectivity index (χ1) is 13.9. The molecule has 0 bridgehead atoms. The molecule has 0 heterocycles. The van der Waals surface area contributed by atoms with Crippen molar-refractivity contribution in [3.05, 3.63) is 65.7 Å². The second-order valence-corrected chi connectivity index (χ2v) is 8.72. The van der Waals surface area contributed by atoms with E-state index < -0.39 is 10.0 Å². The smallest absolute Gasteiger partial charge is 0.232 e. The van der Waals surface area contributed by atoms with Crippen molar-refractivity contribution >= 4 is 21.6 Å². The van der Waals surface area contributed by atoms with Gasteiger partial charge in [0.1, 0.15) is 0 Å². The lowest BCUT2D eigenvalue weighted by molar-refractivity contribution is -0.121. The average Bonchev–Trinajstić information content (AvgIpc) is 2.71. The second-order valence-electron chi connectivity index (χ2n) is 6.81. The third-order valence-electron chi connectivity index (χ3n) is 4.49. The molecule has 0 spiro atoms. The van der Waals surface area contributed by atoms with Gasteiger partial charge < -0.3 is 10.1 Å². The van der Waals surface area contributed by atoms with E-state index in [0.29, 0.717) is 31.9 Å². The molecule has 7 heteroatoms. The molecule has 0 unspecified atom stereocenters. The molecule has 0 saturated heterocycles. The molecule has 0 aliphatic carbocycles. The summed E-state index contributed by atoms with van der Waals surface area (Å²) >= 11 is 0. The van der Waals surface area contributed by atoms with Crippen LogP contribution in [0.4, 0.5) is 5.69 Å². The van der Waals surface area contributed by atoms with Crippen LogP contribution in [0.3, 0.4) is 0 Å². The number of hydrogen-bond donors (Lipinski definition) is 1. The maximum absolute atomic E-state index is 12.2. The van der Waals surface area contributed by atoms with E-state index in [1.54, 1.807) is 0 Å². The number of sulfonamides is 1. The number of ether oxygens (including phenoxy) is 1. The molecule has 0 aliphatic rings. The molecule has 0 aromatic heterocycles. The van der Waals surface area contributed by atoms with Crippen LogP contribution in [-0.2, 0) is 32.6 Å². The predicted molar refractivity (Wildman–Crippen MR) is 116 cm³/mol. The SMILES string of the molecule is CCc1ccccc1N(CCCC(=O)NCCOCc1ccccc1)S(C)(=O)=O. The van der Waals surface area contributed by atoms with E-state index >= 15 is 0 Å². The van der Waals surface area contributed by atoms with Crippen LogP contribution in [0.25, 0.3) is 0 Å². The topological polar surface area (TPSA) is 75.7 Å². The van der Waals surface area contributed by atoms with Crippen molar-refractivity contribution < 1.29 is 17.9 Å². The van der Waals surface area contributed by atoms with Gasteiger partial charge in [-0.25, -0.2) is 8.42 Å². The normalized spacial score (nSPS) is 11.2. The minimum atomic E-state index is -3.42. The van der Waals surface area contributed by atoms with E-state index in [2.05, 4.69) is 5.32 Å². The Labute approximate surface area is 173 Å². The van der Waals surface area contributed by atoms with E-state index in [0.717, 1.165) is 17.5 Å². The van der Waals surface area contributed by atoms with Gasteiger partial charge in [0, 0.05) is 19.5 Å². The van der Waals surface area contributed by atoms with Gasteiger partial charge in [-0.05, 0) is 30.0 Å². The van der Waals surface area contributed by atoms with E-state index in [1.807, 2.05) is 61.5 Å². The number of aryl methyl sites for hydroxylation is 1. The highest BCUT2D eigenvalue weighted by Crippen LogP contribution is 2.23. The predicted octanol–water partition coefficient (Wildman–Crippen LogP) is 3.13. The lowest BCUT2D eigenvalue weighted by Crippen LogP contribution is -2.33. The number of amides is 1. The van der Waals surface area contributed by atoms with Crippen LogP contribution in [0.2, 0.25) is 0 Å². The van der Waals surface area contributed by atoms with Crippen molar-refractivity contribution in [1.82, 2.24) is 5.32 Å². The Hall–Kier alpha value is -2.38. The zero-order valence-electron chi connectivity index (χ0n) is 17.1. The van der Waals surface area contributed by atoms with E-state index in [-0.39, 0.29) is 18.9 Å². The summed E-state index contributed by atoms with van der Waals surface area (Å²) in [6.45, 7) is 3.64. The molecule has 2 aromatic rings. The third-order valence-corrected chi connectivity index (χ3v) is 5.67. The summed E-state index contributed by atoms with van der Waals surface area (Å²) in [6, 6.07) is 17.3. The van der Waals surface area contributed by atoms with Crippen LogP contribution in [-0.4, -0.2) is 40.3 Å². The highest BCUT2D eigenvalue weighted by Gasteiger charge is 2.19. The average molecular weight is 419 g/mol. The third kappa shape index (κ3) is 7.87. The number of carbonyl (C=O) groups is 1. The number of anilines is 1. The van der Waals surface area contributed by atoms with E-state index in [9.17, 15) is 13.2 Å². The van der Waals surface area contributed by atoms with Crippen molar-refractivity contribution in [3.8, 4) is 0 Å². The van der Waals surface area contributed by atoms with Gasteiger partial charge in [-0.3, -0.25) is 9.10 Å². The summed E-state index contributed by atoms with van der Waals surface area (Å²) < 4.78 is 31.4. The lowest BCUT2D eigenvalue weighted by Gasteiger charge is -2.24. The van der Waals surface area contributed by atoms with Crippen molar-refractivity contribution in [2.24, 2.45) is 0 Å². The number of nitrogens with zero attached hydrogens (tertiary/aromatic N) is 1. The van der Waals surface area contributed by atoms with Crippen molar-refractivity contribution in [3.63, 3.8) is 0 Å². The molecule has 29 heavy (non-hydrogen) atoms. The molecule has 158 valence electrons. The Morgan fingerprint density at radius 1 is 1.07 bits per heavy atom. The monoisotopic (exact) mass is 418 g/mol. The molecule has 0 saturated carbocycles. The van der Waals surface area contributed by atoms with Crippen molar-refractivity contribution in [2.75, 3.05) is 30.3 Å². The molecule has 0 radical (unpaired) electrons. The molecule has 1 N–H and O–H groups in total. The largest absolute Gasteiger partial charge is 0.375 e. The van der Waals surface area contributed by atoms with Crippen molar-refractivity contribution in [2.45, 2.75) is 32.8 Å². The Kier molecular flexibility index (Phi) is 9.15. The molecular formula is C22H30N2O4S.